The Morgan fingerprint density at radius 1 is 1.02 bits per heavy atom. The minimum Gasteiger partial charge on any atom is -0.457 e. The number of hydrogen-bond donors (Lipinski definition) is 4. The summed E-state index contributed by atoms with van der Waals surface area (Å²) in [7, 11) is 0. The Bertz CT molecular complexity index is 1430. The second-order valence-electron chi connectivity index (χ2n) is 10.6. The first-order valence-corrected chi connectivity index (χ1v) is 15.4. The molecule has 3 aromatic rings. The SMILES string of the molecule is NCCCCNc1csc(CNC(=O)[C@@H]2CC3(CN2C(=O)CNC(=O)c2ccc(Oc4ccc(F)cc4)cc2)OCCO3)c1. The van der Waals surface area contributed by atoms with Gasteiger partial charge in [-0.3, -0.25) is 14.4 Å². The summed E-state index contributed by atoms with van der Waals surface area (Å²) in [6.45, 7) is 2.35. The van der Waals surface area contributed by atoms with Crippen LogP contribution >= 0.6 is 11.3 Å². The Labute approximate surface area is 258 Å². The normalized spacial score (nSPS) is 17.0. The molecular formula is C31H36FN5O6S. The van der Waals surface area contributed by atoms with Crippen LogP contribution in [0.3, 0.4) is 0 Å². The van der Waals surface area contributed by atoms with E-state index in [4.69, 9.17) is 19.9 Å². The van der Waals surface area contributed by atoms with Crippen LogP contribution in [0.5, 0.6) is 11.5 Å². The average molecular weight is 626 g/mol. The van der Waals surface area contributed by atoms with Gasteiger partial charge in [-0.25, -0.2) is 4.39 Å². The number of thiophene rings is 1. The van der Waals surface area contributed by atoms with Crippen molar-refractivity contribution in [2.75, 3.05) is 44.7 Å². The topological polar surface area (TPSA) is 144 Å². The van der Waals surface area contributed by atoms with E-state index in [-0.39, 0.29) is 31.2 Å². The molecular weight excluding hydrogens is 589 g/mol. The van der Waals surface area contributed by atoms with Gasteiger partial charge in [0.1, 0.15) is 23.4 Å². The number of carbonyl (C=O) groups excluding carboxylic acids is 3. The summed E-state index contributed by atoms with van der Waals surface area (Å²) in [6, 6.07) is 13.1. The molecule has 2 fully saturated rings. The molecule has 2 saturated heterocycles. The van der Waals surface area contributed by atoms with E-state index in [2.05, 4.69) is 16.0 Å². The maximum atomic E-state index is 13.3. The summed E-state index contributed by atoms with van der Waals surface area (Å²) in [5, 5.41) is 10.9. The van der Waals surface area contributed by atoms with Crippen LogP contribution in [0, 0.1) is 5.82 Å². The van der Waals surface area contributed by atoms with Crippen LogP contribution < -0.4 is 26.4 Å². The van der Waals surface area contributed by atoms with Gasteiger partial charge in [0, 0.05) is 34.5 Å². The summed E-state index contributed by atoms with van der Waals surface area (Å²) in [6.07, 6.45) is 2.14. The number of nitrogens with one attached hydrogen (secondary N) is 3. The van der Waals surface area contributed by atoms with Gasteiger partial charge in [-0.05, 0) is 74.0 Å². The summed E-state index contributed by atoms with van der Waals surface area (Å²) in [5.74, 6) is -1.68. The van der Waals surface area contributed by atoms with Crippen molar-refractivity contribution >= 4 is 34.7 Å². The zero-order chi connectivity index (χ0) is 30.9. The highest BCUT2D eigenvalue weighted by Crippen LogP contribution is 2.35. The van der Waals surface area contributed by atoms with Gasteiger partial charge in [0.15, 0.2) is 5.79 Å². The Balaban J connectivity index is 1.14. The average Bonchev–Trinajstić information content (AvgIpc) is 3.79. The first-order valence-electron chi connectivity index (χ1n) is 14.5. The second kappa shape index (κ2) is 14.6. The first-order chi connectivity index (χ1) is 21.3. The molecule has 11 nitrogen and oxygen atoms in total. The molecule has 0 bridgehead atoms. The third-order valence-electron chi connectivity index (χ3n) is 7.35. The van der Waals surface area contributed by atoms with E-state index in [1.807, 2.05) is 11.4 Å². The van der Waals surface area contributed by atoms with E-state index in [9.17, 15) is 18.8 Å². The zero-order valence-corrected chi connectivity index (χ0v) is 25.0. The molecule has 44 heavy (non-hydrogen) atoms. The zero-order valence-electron chi connectivity index (χ0n) is 24.2. The Kier molecular flexibility index (Phi) is 10.4. The summed E-state index contributed by atoms with van der Waals surface area (Å²) in [4.78, 5) is 41.8. The fourth-order valence-corrected chi connectivity index (χ4v) is 5.85. The van der Waals surface area contributed by atoms with Gasteiger partial charge in [0.2, 0.25) is 11.8 Å². The number of unbranched alkanes of at least 4 members (excludes halogenated alkanes) is 1. The van der Waals surface area contributed by atoms with Gasteiger partial charge < -0.3 is 40.8 Å². The number of likely N-dealkylation sites (tertiary alicyclic amines) is 1. The Hall–Kier alpha value is -4.04. The lowest BCUT2D eigenvalue weighted by Gasteiger charge is -2.24. The number of anilines is 1. The quantitative estimate of drug-likeness (QED) is 0.212. The van der Waals surface area contributed by atoms with Crippen LogP contribution in [0.15, 0.2) is 60.0 Å². The molecule has 3 amide bonds. The van der Waals surface area contributed by atoms with E-state index >= 15 is 0 Å². The van der Waals surface area contributed by atoms with Crippen molar-refractivity contribution < 1.29 is 33.0 Å². The highest BCUT2D eigenvalue weighted by molar-refractivity contribution is 7.10. The highest BCUT2D eigenvalue weighted by atomic mass is 32.1. The third kappa shape index (κ3) is 8.11. The van der Waals surface area contributed by atoms with E-state index < -0.39 is 23.6 Å². The molecule has 2 aliphatic rings. The summed E-state index contributed by atoms with van der Waals surface area (Å²) in [5.41, 5.74) is 6.86. The van der Waals surface area contributed by atoms with Crippen molar-refractivity contribution in [3.8, 4) is 11.5 Å². The number of hydrogen-bond acceptors (Lipinski definition) is 9. The summed E-state index contributed by atoms with van der Waals surface area (Å²) >= 11 is 1.53. The largest absolute Gasteiger partial charge is 0.457 e. The lowest BCUT2D eigenvalue weighted by molar-refractivity contribution is -0.152. The minimum atomic E-state index is -1.04. The summed E-state index contributed by atoms with van der Waals surface area (Å²) < 4.78 is 30.4. The number of carbonyl (C=O) groups is 3. The number of nitrogens with two attached hydrogens (primary N) is 1. The van der Waals surface area contributed by atoms with Gasteiger partial charge in [-0.15, -0.1) is 11.3 Å². The Morgan fingerprint density at radius 2 is 1.73 bits per heavy atom. The van der Waals surface area contributed by atoms with E-state index in [0.717, 1.165) is 30.0 Å². The number of rotatable bonds is 13. The monoisotopic (exact) mass is 625 g/mol. The van der Waals surface area contributed by atoms with Crippen molar-refractivity contribution in [2.45, 2.75) is 37.6 Å². The van der Waals surface area contributed by atoms with Crippen molar-refractivity contribution in [3.63, 3.8) is 0 Å². The lowest BCUT2D eigenvalue weighted by atomic mass is 10.1. The minimum absolute atomic E-state index is 0.0884. The van der Waals surface area contributed by atoms with Gasteiger partial charge >= 0.3 is 0 Å². The van der Waals surface area contributed by atoms with E-state index in [1.165, 1.54) is 40.5 Å². The molecule has 1 spiro atoms. The lowest BCUT2D eigenvalue weighted by Crippen LogP contribution is -2.49. The highest BCUT2D eigenvalue weighted by Gasteiger charge is 2.52. The molecule has 0 unspecified atom stereocenters. The third-order valence-corrected chi connectivity index (χ3v) is 8.28. The predicted octanol–water partition coefficient (Wildman–Crippen LogP) is 3.22. The van der Waals surface area contributed by atoms with Crippen LogP contribution in [0.2, 0.25) is 0 Å². The number of benzene rings is 2. The van der Waals surface area contributed by atoms with Crippen LogP contribution in [0.1, 0.15) is 34.5 Å². The van der Waals surface area contributed by atoms with Crippen LogP contribution in [0.25, 0.3) is 0 Å². The molecule has 5 rings (SSSR count). The number of ether oxygens (including phenoxy) is 3. The first kappa shape index (κ1) is 31.4. The molecule has 0 aliphatic carbocycles. The van der Waals surface area contributed by atoms with Gasteiger partial charge in [-0.2, -0.15) is 0 Å². The fraction of sp³-hybridized carbons (Fsp3) is 0.387. The fourth-order valence-electron chi connectivity index (χ4n) is 5.07. The van der Waals surface area contributed by atoms with Crippen molar-refractivity contribution in [3.05, 3.63) is 76.2 Å². The number of nitrogens with zero attached hydrogens (tertiary/aromatic N) is 1. The predicted molar refractivity (Wildman–Crippen MR) is 163 cm³/mol. The second-order valence-corrected chi connectivity index (χ2v) is 11.6. The van der Waals surface area contributed by atoms with E-state index in [0.29, 0.717) is 43.4 Å². The smallest absolute Gasteiger partial charge is 0.251 e. The molecule has 0 saturated carbocycles. The molecule has 3 heterocycles. The molecule has 0 radical (unpaired) electrons. The van der Waals surface area contributed by atoms with Crippen LogP contribution in [-0.4, -0.2) is 73.8 Å². The molecule has 1 aromatic heterocycles. The van der Waals surface area contributed by atoms with Crippen LogP contribution in [0.4, 0.5) is 10.1 Å². The van der Waals surface area contributed by atoms with Crippen molar-refractivity contribution in [1.82, 2.24) is 15.5 Å². The van der Waals surface area contributed by atoms with Crippen molar-refractivity contribution in [2.24, 2.45) is 5.73 Å². The molecule has 1 atom stereocenters. The Morgan fingerprint density at radius 3 is 2.43 bits per heavy atom. The maximum absolute atomic E-state index is 13.3. The molecule has 5 N–H and O–H groups in total. The standard InChI is InChI=1S/C31H36FN5O6S/c32-22-5-9-25(10-6-22)43-24-7-3-21(4-8-24)29(39)36-18-28(38)37-20-31(41-13-14-42-31)16-27(37)30(40)35-17-26-15-23(19-44-26)34-12-2-1-11-33/h3-10,15,19,27,34H,1-2,11-14,16-18,20,33H2,(H,35,40)(H,36,39)/t27-/m0/s1. The number of amides is 3. The molecule has 234 valence electrons. The molecule has 13 heteroatoms. The van der Waals surface area contributed by atoms with E-state index in [1.54, 1.807) is 24.3 Å². The maximum Gasteiger partial charge on any atom is 0.251 e. The van der Waals surface area contributed by atoms with Crippen LogP contribution in [-0.2, 0) is 25.6 Å². The van der Waals surface area contributed by atoms with Gasteiger partial charge in [0.05, 0.1) is 32.8 Å². The van der Waals surface area contributed by atoms with Gasteiger partial charge in [0.25, 0.3) is 5.91 Å². The van der Waals surface area contributed by atoms with Crippen molar-refractivity contribution in [1.29, 1.82) is 0 Å². The number of halogens is 1. The van der Waals surface area contributed by atoms with Gasteiger partial charge in [-0.1, -0.05) is 0 Å². The molecule has 2 aliphatic heterocycles. The molecule has 2 aromatic carbocycles.